The summed E-state index contributed by atoms with van der Waals surface area (Å²) in [4.78, 5) is 17.8. The van der Waals surface area contributed by atoms with E-state index in [0.717, 1.165) is 18.1 Å². The van der Waals surface area contributed by atoms with Crippen LogP contribution in [0.15, 0.2) is 42.6 Å². The summed E-state index contributed by atoms with van der Waals surface area (Å²) in [6, 6.07) is 10.7. The summed E-state index contributed by atoms with van der Waals surface area (Å²) in [5.41, 5.74) is 2.08. The number of hydrogen-bond acceptors (Lipinski definition) is 3. The Hall–Kier alpha value is -2.57. The smallest absolute Gasteiger partial charge is 0.368 e. The lowest BCUT2D eigenvalue weighted by Crippen LogP contribution is -2.38. The highest BCUT2D eigenvalue weighted by Gasteiger charge is 2.32. The average Bonchev–Trinajstić information content (AvgIpc) is 3.41. The zero-order valence-electron chi connectivity index (χ0n) is 15.4. The Morgan fingerprint density at radius 3 is 2.46 bits per heavy atom. The van der Waals surface area contributed by atoms with Gasteiger partial charge in [-0.3, -0.25) is 4.79 Å². The lowest BCUT2D eigenvalue weighted by atomic mass is 10.1. The van der Waals surface area contributed by atoms with Gasteiger partial charge in [-0.1, -0.05) is 24.3 Å². The van der Waals surface area contributed by atoms with Gasteiger partial charge in [-0.25, -0.2) is 4.98 Å². The van der Waals surface area contributed by atoms with E-state index >= 15 is 0 Å². The second kappa shape index (κ2) is 7.45. The fourth-order valence-corrected chi connectivity index (χ4v) is 3.64. The van der Waals surface area contributed by atoms with Gasteiger partial charge in [-0.15, -0.1) is 0 Å². The van der Waals surface area contributed by atoms with Crippen molar-refractivity contribution in [2.75, 3.05) is 18.0 Å². The molecule has 4 rings (SSSR count). The van der Waals surface area contributed by atoms with Crippen LogP contribution in [0, 0.1) is 0 Å². The molecule has 28 heavy (non-hydrogen) atoms. The Bertz CT molecular complexity index is 829. The molecule has 0 unspecified atom stereocenters. The predicted molar refractivity (Wildman–Crippen MR) is 100 cm³/mol. The predicted octanol–water partition coefficient (Wildman–Crippen LogP) is 3.92. The van der Waals surface area contributed by atoms with Crippen LogP contribution in [0.25, 0.3) is 0 Å². The Labute approximate surface area is 161 Å². The number of nitrogens with zero attached hydrogens (tertiary/aromatic N) is 2. The summed E-state index contributed by atoms with van der Waals surface area (Å²) in [6.45, 7) is 1.24. The van der Waals surface area contributed by atoms with E-state index in [0.29, 0.717) is 31.1 Å². The number of aromatic nitrogens is 1. The van der Waals surface area contributed by atoms with Crippen LogP contribution in [-0.2, 0) is 17.4 Å². The topological polar surface area (TPSA) is 45.2 Å². The molecule has 1 saturated carbocycles. The van der Waals surface area contributed by atoms with Gasteiger partial charge in [0.2, 0.25) is 5.91 Å². The molecule has 1 N–H and O–H groups in total. The molecule has 1 amide bonds. The summed E-state index contributed by atoms with van der Waals surface area (Å²) in [5, 5.41) is 3.03. The molecule has 1 atom stereocenters. The second-order valence-electron chi connectivity index (χ2n) is 7.59. The number of benzene rings is 1. The summed E-state index contributed by atoms with van der Waals surface area (Å²) in [7, 11) is 0. The normalized spacial score (nSPS) is 19.7. The molecule has 0 spiro atoms. The third kappa shape index (κ3) is 4.46. The quantitative estimate of drug-likeness (QED) is 0.843. The van der Waals surface area contributed by atoms with Crippen LogP contribution in [0.4, 0.5) is 18.9 Å². The SMILES string of the molecule is O=C(Cc1ccc(C2CC2)cc1)N[C@@H]1CCN(c2ccc(C(F)(F)F)nc2)C1. The minimum absolute atomic E-state index is 0.0134. The van der Waals surface area contributed by atoms with Crippen LogP contribution in [0.1, 0.15) is 42.0 Å². The summed E-state index contributed by atoms with van der Waals surface area (Å²) in [6.07, 6.45) is 0.418. The maximum Gasteiger partial charge on any atom is 0.433 e. The first-order valence-electron chi connectivity index (χ1n) is 9.55. The van der Waals surface area contributed by atoms with E-state index in [4.69, 9.17) is 0 Å². The monoisotopic (exact) mass is 389 g/mol. The summed E-state index contributed by atoms with van der Waals surface area (Å²) in [5.74, 6) is 0.670. The van der Waals surface area contributed by atoms with Crippen LogP contribution < -0.4 is 10.2 Å². The highest BCUT2D eigenvalue weighted by molar-refractivity contribution is 5.79. The van der Waals surface area contributed by atoms with E-state index in [-0.39, 0.29) is 11.9 Å². The second-order valence-corrected chi connectivity index (χ2v) is 7.59. The van der Waals surface area contributed by atoms with Gasteiger partial charge < -0.3 is 10.2 Å². The average molecular weight is 389 g/mol. The Morgan fingerprint density at radius 1 is 1.11 bits per heavy atom. The molecule has 2 aliphatic rings. The number of hydrogen-bond donors (Lipinski definition) is 1. The largest absolute Gasteiger partial charge is 0.433 e. The minimum atomic E-state index is -4.43. The number of carbonyl (C=O) groups excluding carboxylic acids is 1. The van der Waals surface area contributed by atoms with Crippen molar-refractivity contribution >= 4 is 11.6 Å². The zero-order valence-corrected chi connectivity index (χ0v) is 15.4. The minimum Gasteiger partial charge on any atom is -0.368 e. The number of anilines is 1. The Balaban J connectivity index is 1.28. The molecule has 4 nitrogen and oxygen atoms in total. The molecule has 1 aromatic carbocycles. The van der Waals surface area contributed by atoms with Crippen LogP contribution in [0.5, 0.6) is 0 Å². The molecule has 2 fully saturated rings. The van der Waals surface area contributed by atoms with Crippen LogP contribution in [0.2, 0.25) is 0 Å². The third-order valence-corrected chi connectivity index (χ3v) is 5.35. The number of rotatable bonds is 5. The van der Waals surface area contributed by atoms with Crippen molar-refractivity contribution in [1.29, 1.82) is 0 Å². The molecule has 2 aromatic rings. The van der Waals surface area contributed by atoms with Gasteiger partial charge >= 0.3 is 6.18 Å². The van der Waals surface area contributed by atoms with E-state index in [1.165, 1.54) is 30.7 Å². The molecule has 0 radical (unpaired) electrons. The van der Waals surface area contributed by atoms with Crippen molar-refractivity contribution in [3.63, 3.8) is 0 Å². The molecule has 1 aliphatic heterocycles. The summed E-state index contributed by atoms with van der Waals surface area (Å²) >= 11 is 0. The number of alkyl halides is 3. The number of nitrogens with one attached hydrogen (secondary N) is 1. The van der Waals surface area contributed by atoms with E-state index in [9.17, 15) is 18.0 Å². The molecule has 0 bridgehead atoms. The van der Waals surface area contributed by atoms with Crippen molar-refractivity contribution in [2.24, 2.45) is 0 Å². The fraction of sp³-hybridized carbons (Fsp3) is 0.429. The van der Waals surface area contributed by atoms with Gasteiger partial charge in [0, 0.05) is 19.1 Å². The zero-order chi connectivity index (χ0) is 19.7. The Morgan fingerprint density at radius 2 is 1.86 bits per heavy atom. The number of halogens is 3. The maximum atomic E-state index is 12.6. The molecule has 1 aromatic heterocycles. The van der Waals surface area contributed by atoms with Gasteiger partial charge in [-0.05, 0) is 48.4 Å². The standard InChI is InChI=1S/C21H22F3N3O/c22-21(23,24)19-8-7-18(12-25-19)27-10-9-17(13-27)26-20(28)11-14-1-3-15(4-2-14)16-5-6-16/h1-4,7-8,12,16-17H,5-6,9-11,13H2,(H,26,28)/t17-/m1/s1. The van der Waals surface area contributed by atoms with Crippen LogP contribution >= 0.6 is 0 Å². The maximum absolute atomic E-state index is 12.6. The number of pyridine rings is 1. The molecule has 7 heteroatoms. The van der Waals surface area contributed by atoms with Crippen molar-refractivity contribution in [3.05, 3.63) is 59.4 Å². The van der Waals surface area contributed by atoms with Crippen molar-refractivity contribution in [3.8, 4) is 0 Å². The van der Waals surface area contributed by atoms with E-state index in [1.807, 2.05) is 17.0 Å². The van der Waals surface area contributed by atoms with Crippen molar-refractivity contribution in [1.82, 2.24) is 10.3 Å². The molecule has 1 saturated heterocycles. The molecule has 148 valence electrons. The van der Waals surface area contributed by atoms with E-state index in [1.54, 1.807) is 0 Å². The van der Waals surface area contributed by atoms with Gasteiger partial charge in [0.05, 0.1) is 18.3 Å². The van der Waals surface area contributed by atoms with E-state index < -0.39 is 11.9 Å². The highest BCUT2D eigenvalue weighted by atomic mass is 19.4. The summed E-state index contributed by atoms with van der Waals surface area (Å²) < 4.78 is 37.9. The van der Waals surface area contributed by atoms with Crippen molar-refractivity contribution in [2.45, 2.75) is 43.8 Å². The van der Waals surface area contributed by atoms with Gasteiger partial charge in [-0.2, -0.15) is 13.2 Å². The highest BCUT2D eigenvalue weighted by Crippen LogP contribution is 2.39. The lowest BCUT2D eigenvalue weighted by Gasteiger charge is -2.19. The van der Waals surface area contributed by atoms with Crippen LogP contribution in [0.3, 0.4) is 0 Å². The van der Waals surface area contributed by atoms with Gasteiger partial charge in [0.15, 0.2) is 0 Å². The van der Waals surface area contributed by atoms with Gasteiger partial charge in [0.1, 0.15) is 5.69 Å². The van der Waals surface area contributed by atoms with Crippen molar-refractivity contribution < 1.29 is 18.0 Å². The fourth-order valence-electron chi connectivity index (χ4n) is 3.64. The molecular formula is C21H22F3N3O. The first-order chi connectivity index (χ1) is 13.4. The third-order valence-electron chi connectivity index (χ3n) is 5.35. The first kappa shape index (κ1) is 18.8. The number of carbonyl (C=O) groups is 1. The lowest BCUT2D eigenvalue weighted by molar-refractivity contribution is -0.141. The van der Waals surface area contributed by atoms with E-state index in [2.05, 4.69) is 22.4 Å². The Kier molecular flexibility index (Phi) is 5.00. The first-order valence-corrected chi connectivity index (χ1v) is 9.55. The molecule has 1 aliphatic carbocycles. The van der Waals surface area contributed by atoms with Crippen LogP contribution in [-0.4, -0.2) is 30.0 Å². The molecule has 2 heterocycles. The van der Waals surface area contributed by atoms with Gasteiger partial charge in [0.25, 0.3) is 0 Å². The molecular weight excluding hydrogens is 367 g/mol. The number of amides is 1.